The van der Waals surface area contributed by atoms with E-state index in [0.717, 1.165) is 16.6 Å². The zero-order valence-corrected chi connectivity index (χ0v) is 15.0. The molecule has 2 aromatic carbocycles. The average molecular weight is 386 g/mol. The van der Waals surface area contributed by atoms with Gasteiger partial charge < -0.3 is 14.6 Å². The van der Waals surface area contributed by atoms with Crippen molar-refractivity contribution in [2.75, 3.05) is 5.32 Å². The molecule has 0 radical (unpaired) electrons. The molecule has 0 fully saturated rings. The lowest BCUT2D eigenvalue weighted by molar-refractivity contribution is 0.310. The number of nitrogens with one attached hydrogen (secondary N) is 1. The number of rotatable bonds is 5. The first-order valence-corrected chi connectivity index (χ1v) is 8.59. The number of anilines is 2. The average Bonchev–Trinajstić information content (AvgIpc) is 3.06. The number of nitrogens with zero attached hydrogens (tertiary/aromatic N) is 2. The van der Waals surface area contributed by atoms with Crippen LogP contribution in [0, 0.1) is 0 Å². The second-order valence-corrected chi connectivity index (χ2v) is 6.33. The fourth-order valence-corrected chi connectivity index (χ4v) is 3.07. The Morgan fingerprint density at radius 3 is 2.58 bits per heavy atom. The van der Waals surface area contributed by atoms with Crippen molar-refractivity contribution in [1.82, 2.24) is 10.1 Å². The predicted octanol–water partition coefficient (Wildman–Crippen LogP) is 5.85. The standard InChI is InChI=1S/C19H13Cl2N3O2/c20-14-5-1-6-15(21)13(14)11-25-16-7-2-8-17-18(16)19(24-26-17)23-12-4-3-9-22-10-12/h1-10H,11H2,(H,23,24). The van der Waals surface area contributed by atoms with Gasteiger partial charge in [0, 0.05) is 21.8 Å². The lowest BCUT2D eigenvalue weighted by atomic mass is 10.2. The molecule has 0 saturated carbocycles. The van der Waals surface area contributed by atoms with Gasteiger partial charge in [-0.3, -0.25) is 4.98 Å². The third kappa shape index (κ3) is 3.31. The van der Waals surface area contributed by atoms with Crippen LogP contribution >= 0.6 is 23.2 Å². The fourth-order valence-electron chi connectivity index (χ4n) is 2.56. The molecule has 0 bridgehead atoms. The third-order valence-corrected chi connectivity index (χ3v) is 4.53. The molecule has 7 heteroatoms. The largest absolute Gasteiger partial charge is 0.488 e. The van der Waals surface area contributed by atoms with Gasteiger partial charge in [-0.05, 0) is 36.4 Å². The molecule has 0 unspecified atom stereocenters. The van der Waals surface area contributed by atoms with Crippen LogP contribution in [0.3, 0.4) is 0 Å². The number of pyridine rings is 1. The molecule has 0 saturated heterocycles. The summed E-state index contributed by atoms with van der Waals surface area (Å²) in [6.07, 6.45) is 3.40. The Labute approximate surface area is 159 Å². The van der Waals surface area contributed by atoms with Gasteiger partial charge in [0.05, 0.1) is 11.9 Å². The first kappa shape index (κ1) is 16.7. The van der Waals surface area contributed by atoms with E-state index >= 15 is 0 Å². The summed E-state index contributed by atoms with van der Waals surface area (Å²) in [5, 5.41) is 9.14. The summed E-state index contributed by atoms with van der Waals surface area (Å²) in [5.41, 5.74) is 2.14. The summed E-state index contributed by atoms with van der Waals surface area (Å²) < 4.78 is 11.4. The van der Waals surface area contributed by atoms with Gasteiger partial charge in [0.2, 0.25) is 0 Å². The predicted molar refractivity (Wildman–Crippen MR) is 102 cm³/mol. The van der Waals surface area contributed by atoms with E-state index in [1.807, 2.05) is 30.3 Å². The van der Waals surface area contributed by atoms with Crippen molar-refractivity contribution in [1.29, 1.82) is 0 Å². The number of fused-ring (bicyclic) bond motifs is 1. The van der Waals surface area contributed by atoms with Crippen molar-refractivity contribution in [3.63, 3.8) is 0 Å². The maximum atomic E-state index is 6.22. The molecule has 4 rings (SSSR count). The maximum Gasteiger partial charge on any atom is 0.185 e. The minimum Gasteiger partial charge on any atom is -0.488 e. The van der Waals surface area contributed by atoms with E-state index in [2.05, 4.69) is 15.5 Å². The summed E-state index contributed by atoms with van der Waals surface area (Å²) in [6.45, 7) is 0.231. The molecule has 1 N–H and O–H groups in total. The number of benzene rings is 2. The van der Waals surface area contributed by atoms with E-state index in [9.17, 15) is 0 Å². The van der Waals surface area contributed by atoms with Crippen molar-refractivity contribution < 1.29 is 9.26 Å². The van der Waals surface area contributed by atoms with E-state index in [0.29, 0.717) is 27.2 Å². The van der Waals surface area contributed by atoms with Crippen LogP contribution in [0.2, 0.25) is 10.0 Å². The van der Waals surface area contributed by atoms with Crippen LogP contribution in [-0.4, -0.2) is 10.1 Å². The van der Waals surface area contributed by atoms with Crippen molar-refractivity contribution in [2.45, 2.75) is 6.61 Å². The molecule has 0 aliphatic heterocycles. The van der Waals surface area contributed by atoms with Crippen LogP contribution in [0.4, 0.5) is 11.5 Å². The lowest BCUT2D eigenvalue weighted by Crippen LogP contribution is -1.98. The zero-order chi connectivity index (χ0) is 17.9. The highest BCUT2D eigenvalue weighted by Gasteiger charge is 2.15. The Balaban J connectivity index is 1.66. The number of aromatic nitrogens is 2. The topological polar surface area (TPSA) is 60.2 Å². The van der Waals surface area contributed by atoms with Crippen LogP contribution in [-0.2, 0) is 6.61 Å². The van der Waals surface area contributed by atoms with Crippen molar-refractivity contribution >= 4 is 45.7 Å². The molecule has 130 valence electrons. The second-order valence-electron chi connectivity index (χ2n) is 5.52. The summed E-state index contributed by atoms with van der Waals surface area (Å²) in [5.74, 6) is 1.17. The summed E-state index contributed by atoms with van der Waals surface area (Å²) in [7, 11) is 0. The summed E-state index contributed by atoms with van der Waals surface area (Å²) in [6, 6.07) is 14.6. The molecule has 5 nitrogen and oxygen atoms in total. The van der Waals surface area contributed by atoms with Gasteiger partial charge >= 0.3 is 0 Å². The van der Waals surface area contributed by atoms with Gasteiger partial charge in [-0.2, -0.15) is 0 Å². The molecular weight excluding hydrogens is 373 g/mol. The minimum atomic E-state index is 0.231. The van der Waals surface area contributed by atoms with Gasteiger partial charge in [-0.15, -0.1) is 0 Å². The smallest absolute Gasteiger partial charge is 0.185 e. The van der Waals surface area contributed by atoms with Crippen molar-refractivity contribution in [3.8, 4) is 5.75 Å². The Kier molecular flexibility index (Phi) is 4.65. The highest BCUT2D eigenvalue weighted by Crippen LogP contribution is 2.35. The highest BCUT2D eigenvalue weighted by molar-refractivity contribution is 6.35. The quantitative estimate of drug-likeness (QED) is 0.466. The molecule has 26 heavy (non-hydrogen) atoms. The van der Waals surface area contributed by atoms with Gasteiger partial charge in [-0.25, -0.2) is 0 Å². The monoisotopic (exact) mass is 385 g/mol. The van der Waals surface area contributed by atoms with Crippen LogP contribution in [0.25, 0.3) is 11.0 Å². The normalized spacial score (nSPS) is 10.8. The van der Waals surface area contributed by atoms with Crippen LogP contribution in [0.5, 0.6) is 5.75 Å². The zero-order valence-electron chi connectivity index (χ0n) is 13.4. The Morgan fingerprint density at radius 2 is 1.81 bits per heavy atom. The molecule has 0 aliphatic rings. The minimum absolute atomic E-state index is 0.231. The molecule has 2 aromatic heterocycles. The number of hydrogen-bond acceptors (Lipinski definition) is 5. The molecule has 0 aliphatic carbocycles. The molecule has 0 atom stereocenters. The summed E-state index contributed by atoms with van der Waals surface area (Å²) in [4.78, 5) is 4.08. The molecule has 4 aromatic rings. The lowest BCUT2D eigenvalue weighted by Gasteiger charge is -2.11. The third-order valence-electron chi connectivity index (χ3n) is 3.82. The SMILES string of the molecule is Clc1cccc(Cl)c1COc1cccc2onc(Nc3cccnc3)c12. The van der Waals surface area contributed by atoms with Crippen molar-refractivity contribution in [2.24, 2.45) is 0 Å². The Bertz CT molecular complexity index is 1030. The van der Waals surface area contributed by atoms with Gasteiger partial charge in [0.25, 0.3) is 0 Å². The number of halogens is 2. The summed E-state index contributed by atoms with van der Waals surface area (Å²) >= 11 is 12.4. The molecule has 2 heterocycles. The van der Waals surface area contributed by atoms with Gasteiger partial charge in [0.1, 0.15) is 17.7 Å². The molecule has 0 amide bonds. The van der Waals surface area contributed by atoms with E-state index < -0.39 is 0 Å². The molecular formula is C19H13Cl2N3O2. The first-order chi connectivity index (χ1) is 12.7. The Morgan fingerprint density at radius 1 is 1.00 bits per heavy atom. The van der Waals surface area contributed by atoms with E-state index in [4.69, 9.17) is 32.5 Å². The van der Waals surface area contributed by atoms with Gasteiger partial charge in [0.15, 0.2) is 11.4 Å². The van der Waals surface area contributed by atoms with Crippen molar-refractivity contribution in [3.05, 3.63) is 76.5 Å². The van der Waals surface area contributed by atoms with E-state index in [1.165, 1.54) is 0 Å². The first-order valence-electron chi connectivity index (χ1n) is 7.83. The van der Waals surface area contributed by atoms with Gasteiger partial charge in [-0.1, -0.05) is 40.5 Å². The van der Waals surface area contributed by atoms with E-state index in [1.54, 1.807) is 30.6 Å². The fraction of sp³-hybridized carbons (Fsp3) is 0.0526. The maximum absolute atomic E-state index is 6.22. The molecule has 0 spiro atoms. The van der Waals surface area contributed by atoms with E-state index in [-0.39, 0.29) is 6.61 Å². The van der Waals surface area contributed by atoms with Crippen LogP contribution in [0.15, 0.2) is 65.4 Å². The number of ether oxygens (including phenoxy) is 1. The number of hydrogen-bond donors (Lipinski definition) is 1. The highest BCUT2D eigenvalue weighted by atomic mass is 35.5. The second kappa shape index (κ2) is 7.23. The van der Waals surface area contributed by atoms with Crippen LogP contribution < -0.4 is 10.1 Å². The Hall–Kier alpha value is -2.76. The van der Waals surface area contributed by atoms with Crippen LogP contribution in [0.1, 0.15) is 5.56 Å².